The van der Waals surface area contributed by atoms with Crippen molar-refractivity contribution in [2.24, 2.45) is 0 Å². The molecule has 3 N–H and O–H groups in total. The predicted molar refractivity (Wildman–Crippen MR) is 142 cm³/mol. The first-order chi connectivity index (χ1) is 17.0. The van der Waals surface area contributed by atoms with Crippen molar-refractivity contribution < 1.29 is 4.79 Å². The molecule has 2 aromatic heterocycles. The first-order valence-corrected chi connectivity index (χ1v) is 13.3. The van der Waals surface area contributed by atoms with Crippen LogP contribution in [0.3, 0.4) is 0 Å². The molecule has 0 aliphatic carbocycles. The van der Waals surface area contributed by atoms with E-state index in [1.165, 1.54) is 15.8 Å². The molecule has 6 rings (SSSR count). The van der Waals surface area contributed by atoms with Gasteiger partial charge in [-0.1, -0.05) is 6.08 Å². The number of carbonyl (C=O) groups is 1. The van der Waals surface area contributed by atoms with Crippen LogP contribution in [-0.2, 0) is 6.42 Å². The zero-order chi connectivity index (χ0) is 23.9. The number of carbonyl (C=O) groups excluding carboxylic acids is 1. The highest BCUT2D eigenvalue weighted by molar-refractivity contribution is 7.16. The Morgan fingerprint density at radius 1 is 1.23 bits per heavy atom. The Morgan fingerprint density at radius 2 is 2.14 bits per heavy atom. The first kappa shape index (κ1) is 22.3. The molecule has 9 heteroatoms. The zero-order valence-corrected chi connectivity index (χ0v) is 20.9. The summed E-state index contributed by atoms with van der Waals surface area (Å²) in [5.41, 5.74) is 7.63. The van der Waals surface area contributed by atoms with Crippen LogP contribution in [0.1, 0.15) is 25.8 Å². The van der Waals surface area contributed by atoms with Gasteiger partial charge in [0.25, 0.3) is 0 Å². The van der Waals surface area contributed by atoms with Crippen LogP contribution in [0.15, 0.2) is 47.6 Å². The minimum Gasteiger partial charge on any atom is -0.363 e. The first-order valence-electron chi connectivity index (χ1n) is 12.4. The van der Waals surface area contributed by atoms with Gasteiger partial charge >= 0.3 is 6.03 Å². The van der Waals surface area contributed by atoms with Gasteiger partial charge in [0.05, 0.1) is 21.8 Å². The molecule has 1 saturated heterocycles. The Balaban J connectivity index is 1.13. The summed E-state index contributed by atoms with van der Waals surface area (Å²) in [7, 11) is 0. The molecule has 0 spiro atoms. The van der Waals surface area contributed by atoms with E-state index in [1.54, 1.807) is 11.3 Å². The molecular formula is C26H31N7OS. The molecule has 3 aliphatic heterocycles. The lowest BCUT2D eigenvalue weighted by atomic mass is 9.97. The number of thiazole rings is 1. The maximum Gasteiger partial charge on any atom is 0.320 e. The molecule has 182 valence electrons. The van der Waals surface area contributed by atoms with Gasteiger partial charge in [-0.3, -0.25) is 0 Å². The minimum atomic E-state index is 0.162. The second-order valence-corrected chi connectivity index (χ2v) is 10.7. The summed E-state index contributed by atoms with van der Waals surface area (Å²) in [4.78, 5) is 26.1. The number of urea groups is 1. The zero-order valence-electron chi connectivity index (χ0n) is 20.1. The number of fused-ring (bicyclic) bond motifs is 2. The van der Waals surface area contributed by atoms with Crippen LogP contribution in [0.4, 0.5) is 22.0 Å². The van der Waals surface area contributed by atoms with E-state index in [-0.39, 0.29) is 18.1 Å². The highest BCUT2D eigenvalue weighted by Crippen LogP contribution is 2.36. The van der Waals surface area contributed by atoms with Crippen molar-refractivity contribution in [1.29, 1.82) is 0 Å². The lowest BCUT2D eigenvalue weighted by Gasteiger charge is -2.41. The molecule has 0 saturated carbocycles. The monoisotopic (exact) mass is 489 g/mol. The Kier molecular flexibility index (Phi) is 5.82. The maximum absolute atomic E-state index is 13.2. The van der Waals surface area contributed by atoms with E-state index in [0.29, 0.717) is 12.6 Å². The Bertz CT molecular complexity index is 1290. The smallest absolute Gasteiger partial charge is 0.320 e. The van der Waals surface area contributed by atoms with Crippen LogP contribution in [-0.4, -0.2) is 70.1 Å². The van der Waals surface area contributed by atoms with Crippen molar-refractivity contribution in [3.8, 4) is 0 Å². The standard InChI is InChI=1S/C26H31N7OS/c1-16-14-33(17(2)13-28-16)26(34)32-9-6-18(7-10-32)23-12-20-21(5-8-27-25(20)31-23)30-19-3-4-22-24(11-19)35-15-29-22/h3-6,8,11,15-17,23,28H,7,9-10,12-14H2,1-2H3,(H2,27,30,31)/t16-,17+,23?/m1/s1. The SMILES string of the molecule is C[C@@H]1CN(C(=O)N2CC=C(C3Cc4c(Nc5ccc6ncsc6c5)ccnc4N3)CC2)[C@@H](C)CN1. The summed E-state index contributed by atoms with van der Waals surface area (Å²) in [5.74, 6) is 0.946. The van der Waals surface area contributed by atoms with Crippen LogP contribution in [0.25, 0.3) is 10.2 Å². The fourth-order valence-corrected chi connectivity index (χ4v) is 6.03. The molecule has 1 unspecified atom stereocenters. The van der Waals surface area contributed by atoms with E-state index in [9.17, 15) is 4.79 Å². The second kappa shape index (κ2) is 9.13. The fraction of sp³-hybridized carbons (Fsp3) is 0.423. The third-order valence-corrected chi connectivity index (χ3v) is 8.15. The number of piperazine rings is 1. The molecular weight excluding hydrogens is 458 g/mol. The van der Waals surface area contributed by atoms with Crippen molar-refractivity contribution in [2.45, 2.75) is 44.8 Å². The number of hydrogen-bond donors (Lipinski definition) is 3. The number of benzene rings is 1. The van der Waals surface area contributed by atoms with Gasteiger partial charge in [-0.2, -0.15) is 0 Å². The van der Waals surface area contributed by atoms with E-state index in [2.05, 4.69) is 64.0 Å². The summed E-state index contributed by atoms with van der Waals surface area (Å²) in [6, 6.07) is 9.27. The largest absolute Gasteiger partial charge is 0.363 e. The van der Waals surface area contributed by atoms with Crippen LogP contribution >= 0.6 is 11.3 Å². The molecule has 3 aliphatic rings. The fourth-order valence-electron chi connectivity index (χ4n) is 5.32. The quantitative estimate of drug-likeness (QED) is 0.478. The number of nitrogens with zero attached hydrogens (tertiary/aromatic N) is 4. The van der Waals surface area contributed by atoms with E-state index >= 15 is 0 Å². The number of anilines is 3. The third kappa shape index (κ3) is 4.34. The van der Waals surface area contributed by atoms with Crippen LogP contribution in [0.5, 0.6) is 0 Å². The van der Waals surface area contributed by atoms with Crippen molar-refractivity contribution in [3.63, 3.8) is 0 Å². The highest BCUT2D eigenvalue weighted by Gasteiger charge is 2.33. The van der Waals surface area contributed by atoms with Crippen molar-refractivity contribution in [1.82, 2.24) is 25.1 Å². The Labute approximate surface area is 209 Å². The van der Waals surface area contributed by atoms with Gasteiger partial charge in [-0.15, -0.1) is 11.3 Å². The molecule has 3 aromatic rings. The second-order valence-electron chi connectivity index (χ2n) is 9.81. The van der Waals surface area contributed by atoms with E-state index in [0.717, 1.165) is 55.2 Å². The number of rotatable bonds is 3. The van der Waals surface area contributed by atoms with E-state index in [4.69, 9.17) is 0 Å². The summed E-state index contributed by atoms with van der Waals surface area (Å²) < 4.78 is 1.17. The van der Waals surface area contributed by atoms with Crippen molar-refractivity contribution in [3.05, 3.63) is 53.2 Å². The van der Waals surface area contributed by atoms with Crippen LogP contribution < -0.4 is 16.0 Å². The molecule has 1 aromatic carbocycles. The third-order valence-electron chi connectivity index (χ3n) is 7.36. The molecule has 2 amide bonds. The van der Waals surface area contributed by atoms with Gasteiger partial charge in [0.15, 0.2) is 0 Å². The Morgan fingerprint density at radius 3 is 3.00 bits per heavy atom. The predicted octanol–water partition coefficient (Wildman–Crippen LogP) is 4.21. The highest BCUT2D eigenvalue weighted by atomic mass is 32.1. The average Bonchev–Trinajstić information content (AvgIpc) is 3.52. The lowest BCUT2D eigenvalue weighted by molar-refractivity contribution is 0.117. The van der Waals surface area contributed by atoms with Crippen LogP contribution in [0.2, 0.25) is 0 Å². The van der Waals surface area contributed by atoms with Crippen LogP contribution in [0, 0.1) is 0 Å². The van der Waals surface area contributed by atoms with Gasteiger partial charge in [0.2, 0.25) is 0 Å². The van der Waals surface area contributed by atoms with E-state index in [1.807, 2.05) is 27.6 Å². The molecule has 1 fully saturated rings. The molecule has 3 atom stereocenters. The molecule has 0 bridgehead atoms. The number of amides is 2. The molecule has 8 nitrogen and oxygen atoms in total. The summed E-state index contributed by atoms with van der Waals surface area (Å²) >= 11 is 1.65. The van der Waals surface area contributed by atoms with Gasteiger partial charge < -0.3 is 25.8 Å². The Hall–Kier alpha value is -3.17. The van der Waals surface area contributed by atoms with Gasteiger partial charge in [-0.25, -0.2) is 14.8 Å². The van der Waals surface area contributed by atoms with Crippen molar-refractivity contribution >= 4 is 44.8 Å². The topological polar surface area (TPSA) is 85.4 Å². The van der Waals surface area contributed by atoms with Crippen molar-refractivity contribution in [2.75, 3.05) is 36.8 Å². The number of pyridine rings is 1. The van der Waals surface area contributed by atoms with E-state index < -0.39 is 0 Å². The average molecular weight is 490 g/mol. The molecule has 35 heavy (non-hydrogen) atoms. The maximum atomic E-state index is 13.2. The normalized spacial score (nSPS) is 24.2. The number of hydrogen-bond acceptors (Lipinski definition) is 7. The minimum absolute atomic E-state index is 0.162. The number of aromatic nitrogens is 2. The lowest BCUT2D eigenvalue weighted by Crippen LogP contribution is -2.59. The van der Waals surface area contributed by atoms with Gasteiger partial charge in [0.1, 0.15) is 5.82 Å². The summed E-state index contributed by atoms with van der Waals surface area (Å²) in [6.45, 7) is 7.31. The number of nitrogens with one attached hydrogen (secondary N) is 3. The van der Waals surface area contributed by atoms with Gasteiger partial charge in [0, 0.05) is 67.8 Å². The summed E-state index contributed by atoms with van der Waals surface area (Å²) in [6.07, 6.45) is 5.87. The van der Waals surface area contributed by atoms with Gasteiger partial charge in [-0.05, 0) is 50.1 Å². The molecule has 5 heterocycles. The summed E-state index contributed by atoms with van der Waals surface area (Å²) in [5, 5.41) is 10.7. The molecule has 0 radical (unpaired) electrons.